The molecule has 0 radical (unpaired) electrons. The number of aliphatic hydroxyl groups excluding tert-OH is 1. The summed E-state index contributed by atoms with van der Waals surface area (Å²) in [5, 5.41) is 11.6. The highest BCUT2D eigenvalue weighted by Crippen LogP contribution is 2.41. The predicted octanol–water partition coefficient (Wildman–Crippen LogP) is 6.11. The van der Waals surface area contributed by atoms with Crippen LogP contribution in [-0.4, -0.2) is 28.6 Å². The molecule has 0 saturated carbocycles. The first-order chi connectivity index (χ1) is 15.7. The van der Waals surface area contributed by atoms with Crippen molar-refractivity contribution >= 4 is 5.97 Å². The Balaban J connectivity index is 2.11. The smallest absolute Gasteiger partial charge is 0.314 e. The lowest BCUT2D eigenvalue weighted by molar-refractivity contribution is -0.168. The molecule has 1 N–H and O–H groups in total. The second-order valence-electron chi connectivity index (χ2n) is 9.52. The van der Waals surface area contributed by atoms with E-state index >= 15 is 0 Å². The number of esters is 1. The van der Waals surface area contributed by atoms with E-state index in [4.69, 9.17) is 4.74 Å². The van der Waals surface area contributed by atoms with Gasteiger partial charge in [-0.1, -0.05) is 91.0 Å². The molecule has 0 amide bonds. The normalized spacial score (nSPS) is 15.5. The Hall–Kier alpha value is -2.95. The molecule has 0 unspecified atom stereocenters. The Bertz CT molecular complexity index is 999. The standard InChI is InChI=1S/C29H35NO3/c1-21(22-15-9-6-10-16-22)30(5)26(23-17-11-7-12-18-23)25(28(32)33-29(2,3)4)27(31)24-19-13-8-14-20-24/h6-21,25-27,31H,1-5H3/t21-,25+,26-,27-/m1/s1. The van der Waals surface area contributed by atoms with Crippen LogP contribution in [0, 0.1) is 5.92 Å². The SMILES string of the molecule is C[C@H](c1ccccc1)N(C)[C@H](c1ccccc1)[C@H](C(=O)OC(C)(C)C)[C@H](O)c1ccccc1. The Kier molecular flexibility index (Phi) is 8.06. The van der Waals surface area contributed by atoms with Crippen LogP contribution in [0.4, 0.5) is 0 Å². The highest BCUT2D eigenvalue weighted by Gasteiger charge is 2.42. The number of hydrogen-bond acceptors (Lipinski definition) is 4. The molecule has 0 heterocycles. The average Bonchev–Trinajstić information content (AvgIpc) is 2.81. The molecule has 174 valence electrons. The zero-order chi connectivity index (χ0) is 24.0. The molecule has 0 spiro atoms. The van der Waals surface area contributed by atoms with Crippen molar-refractivity contribution in [2.24, 2.45) is 5.92 Å². The predicted molar refractivity (Wildman–Crippen MR) is 133 cm³/mol. The van der Waals surface area contributed by atoms with Crippen LogP contribution in [-0.2, 0) is 9.53 Å². The Morgan fingerprint density at radius 1 is 0.788 bits per heavy atom. The molecule has 0 saturated heterocycles. The molecular formula is C29H35NO3. The number of aliphatic hydroxyl groups is 1. The van der Waals surface area contributed by atoms with Crippen molar-refractivity contribution in [2.45, 2.75) is 51.5 Å². The lowest BCUT2D eigenvalue weighted by Crippen LogP contribution is -2.42. The highest BCUT2D eigenvalue weighted by molar-refractivity contribution is 5.75. The largest absolute Gasteiger partial charge is 0.460 e. The topological polar surface area (TPSA) is 49.8 Å². The summed E-state index contributed by atoms with van der Waals surface area (Å²) in [7, 11) is 2.00. The third kappa shape index (κ3) is 6.31. The minimum Gasteiger partial charge on any atom is -0.460 e. The van der Waals surface area contributed by atoms with Gasteiger partial charge in [-0.25, -0.2) is 0 Å². The fraction of sp³-hybridized carbons (Fsp3) is 0.345. The zero-order valence-corrected chi connectivity index (χ0v) is 20.2. The van der Waals surface area contributed by atoms with Gasteiger partial charge in [0.25, 0.3) is 0 Å². The van der Waals surface area contributed by atoms with E-state index in [1.165, 1.54) is 0 Å². The molecular weight excluding hydrogens is 410 g/mol. The van der Waals surface area contributed by atoms with Gasteiger partial charge in [-0.3, -0.25) is 9.69 Å². The summed E-state index contributed by atoms with van der Waals surface area (Å²) in [5.41, 5.74) is 2.11. The third-order valence-corrected chi connectivity index (χ3v) is 5.97. The Morgan fingerprint density at radius 3 is 1.67 bits per heavy atom. The number of carbonyl (C=O) groups excluding carboxylic acids is 1. The molecule has 0 aliphatic carbocycles. The lowest BCUT2D eigenvalue weighted by atomic mass is 9.83. The fourth-order valence-electron chi connectivity index (χ4n) is 4.21. The molecule has 33 heavy (non-hydrogen) atoms. The van der Waals surface area contributed by atoms with Crippen molar-refractivity contribution in [2.75, 3.05) is 7.05 Å². The van der Waals surface area contributed by atoms with Gasteiger partial charge in [-0.15, -0.1) is 0 Å². The molecule has 0 aliphatic heterocycles. The van der Waals surface area contributed by atoms with E-state index in [2.05, 4.69) is 24.0 Å². The van der Waals surface area contributed by atoms with Crippen LogP contribution in [0.15, 0.2) is 91.0 Å². The van der Waals surface area contributed by atoms with Gasteiger partial charge in [0, 0.05) is 6.04 Å². The third-order valence-electron chi connectivity index (χ3n) is 5.97. The van der Waals surface area contributed by atoms with E-state index in [1.807, 2.05) is 107 Å². The first-order valence-electron chi connectivity index (χ1n) is 11.5. The summed E-state index contributed by atoms with van der Waals surface area (Å²) in [5.74, 6) is -1.25. The first kappa shape index (κ1) is 24.7. The number of hydrogen-bond donors (Lipinski definition) is 1. The number of carbonyl (C=O) groups is 1. The molecule has 0 aromatic heterocycles. The molecule has 0 bridgehead atoms. The van der Waals surface area contributed by atoms with Crippen LogP contribution >= 0.6 is 0 Å². The van der Waals surface area contributed by atoms with Crippen LogP contribution in [0.5, 0.6) is 0 Å². The quantitative estimate of drug-likeness (QED) is 0.425. The van der Waals surface area contributed by atoms with Crippen molar-refractivity contribution in [1.29, 1.82) is 0 Å². The summed E-state index contributed by atoms with van der Waals surface area (Å²) in [4.78, 5) is 15.8. The minimum absolute atomic E-state index is 0.00400. The highest BCUT2D eigenvalue weighted by atomic mass is 16.6. The summed E-state index contributed by atoms with van der Waals surface area (Å²) in [6, 6.07) is 29.0. The fourth-order valence-corrected chi connectivity index (χ4v) is 4.21. The Morgan fingerprint density at radius 2 is 1.21 bits per heavy atom. The van der Waals surface area contributed by atoms with E-state index in [-0.39, 0.29) is 6.04 Å². The molecule has 3 aromatic carbocycles. The van der Waals surface area contributed by atoms with E-state index < -0.39 is 29.6 Å². The van der Waals surface area contributed by atoms with Crippen molar-refractivity contribution in [3.05, 3.63) is 108 Å². The number of nitrogens with zero attached hydrogens (tertiary/aromatic N) is 1. The molecule has 0 fully saturated rings. The van der Waals surface area contributed by atoms with Gasteiger partial charge in [0.15, 0.2) is 0 Å². The van der Waals surface area contributed by atoms with Crippen LogP contribution in [0.1, 0.15) is 62.6 Å². The number of rotatable bonds is 8. The van der Waals surface area contributed by atoms with Gasteiger partial charge in [0.05, 0.1) is 12.1 Å². The van der Waals surface area contributed by atoms with Crippen LogP contribution in [0.25, 0.3) is 0 Å². The summed E-state index contributed by atoms with van der Waals surface area (Å²) < 4.78 is 5.85. The van der Waals surface area contributed by atoms with Crippen molar-refractivity contribution in [3.8, 4) is 0 Å². The second kappa shape index (κ2) is 10.8. The van der Waals surface area contributed by atoms with Gasteiger partial charge < -0.3 is 9.84 Å². The average molecular weight is 446 g/mol. The number of ether oxygens (including phenoxy) is 1. The van der Waals surface area contributed by atoms with E-state index in [1.54, 1.807) is 0 Å². The first-order valence-corrected chi connectivity index (χ1v) is 11.5. The molecule has 4 nitrogen and oxygen atoms in total. The lowest BCUT2D eigenvalue weighted by Gasteiger charge is -2.40. The maximum Gasteiger partial charge on any atom is 0.314 e. The van der Waals surface area contributed by atoms with Crippen LogP contribution in [0.3, 0.4) is 0 Å². The molecule has 4 heteroatoms. The molecule has 3 rings (SSSR count). The molecule has 3 aromatic rings. The number of benzene rings is 3. The Labute approximate surface area is 197 Å². The van der Waals surface area contributed by atoms with Crippen LogP contribution < -0.4 is 0 Å². The molecule has 4 atom stereocenters. The van der Waals surface area contributed by atoms with Crippen molar-refractivity contribution in [1.82, 2.24) is 4.90 Å². The van der Waals surface area contributed by atoms with Gasteiger partial charge in [-0.2, -0.15) is 0 Å². The summed E-state index contributed by atoms with van der Waals surface area (Å²) in [6.07, 6.45) is -1.03. The maximum absolute atomic E-state index is 13.6. The van der Waals surface area contributed by atoms with Crippen molar-refractivity contribution < 1.29 is 14.6 Å². The van der Waals surface area contributed by atoms with Gasteiger partial charge >= 0.3 is 5.97 Å². The molecule has 0 aliphatic rings. The maximum atomic E-state index is 13.6. The van der Waals surface area contributed by atoms with E-state index in [9.17, 15) is 9.90 Å². The van der Waals surface area contributed by atoms with E-state index in [0.29, 0.717) is 5.56 Å². The zero-order valence-electron chi connectivity index (χ0n) is 20.2. The van der Waals surface area contributed by atoms with Crippen LogP contribution in [0.2, 0.25) is 0 Å². The second-order valence-corrected chi connectivity index (χ2v) is 9.52. The van der Waals surface area contributed by atoms with Gasteiger partial charge in [0.2, 0.25) is 0 Å². The van der Waals surface area contributed by atoms with Gasteiger partial charge in [-0.05, 0) is 51.4 Å². The summed E-state index contributed by atoms with van der Waals surface area (Å²) in [6.45, 7) is 7.67. The minimum atomic E-state index is -1.03. The summed E-state index contributed by atoms with van der Waals surface area (Å²) >= 11 is 0. The monoisotopic (exact) mass is 445 g/mol. The van der Waals surface area contributed by atoms with Crippen molar-refractivity contribution in [3.63, 3.8) is 0 Å². The van der Waals surface area contributed by atoms with Gasteiger partial charge in [0.1, 0.15) is 11.5 Å². The van der Waals surface area contributed by atoms with E-state index in [0.717, 1.165) is 11.1 Å².